The van der Waals surface area contributed by atoms with Crippen LogP contribution in [0.5, 0.6) is 0 Å². The Hall–Kier alpha value is -2.37. The molecule has 0 amide bonds. The zero-order valence-corrected chi connectivity index (χ0v) is 10.5. The minimum absolute atomic E-state index is 0.344. The molecule has 0 fully saturated rings. The highest BCUT2D eigenvalue weighted by Gasteiger charge is 2.02. The van der Waals surface area contributed by atoms with E-state index in [9.17, 15) is 0 Å². The van der Waals surface area contributed by atoms with Crippen LogP contribution in [-0.2, 0) is 13.6 Å². The first kappa shape index (κ1) is 12.1. The molecule has 0 aliphatic heterocycles. The topological polar surface area (TPSA) is 81.1 Å². The van der Waals surface area contributed by atoms with Gasteiger partial charge < -0.3 is 11.1 Å². The molecule has 0 unspecified atom stereocenters. The van der Waals surface area contributed by atoms with Crippen molar-refractivity contribution in [1.29, 1.82) is 0 Å². The van der Waals surface area contributed by atoms with Crippen molar-refractivity contribution in [1.82, 2.24) is 14.8 Å². The van der Waals surface area contributed by atoms with Crippen LogP contribution >= 0.6 is 0 Å². The highest BCUT2D eigenvalue weighted by Crippen LogP contribution is 2.07. The predicted molar refractivity (Wildman–Crippen MR) is 71.1 cm³/mol. The molecule has 0 bridgehead atoms. The fourth-order valence-corrected chi connectivity index (χ4v) is 1.48. The molecule has 3 N–H and O–H groups in total. The van der Waals surface area contributed by atoms with Crippen molar-refractivity contribution in [3.05, 3.63) is 41.9 Å². The van der Waals surface area contributed by atoms with E-state index in [0.29, 0.717) is 18.3 Å². The van der Waals surface area contributed by atoms with Crippen molar-refractivity contribution in [2.24, 2.45) is 17.8 Å². The van der Waals surface area contributed by atoms with Gasteiger partial charge >= 0.3 is 0 Å². The van der Waals surface area contributed by atoms with E-state index in [4.69, 9.17) is 5.73 Å². The number of hydrogen-bond donors (Lipinski definition) is 2. The second-order valence-electron chi connectivity index (χ2n) is 3.92. The summed E-state index contributed by atoms with van der Waals surface area (Å²) in [5.41, 5.74) is 7.93. The van der Waals surface area contributed by atoms with E-state index in [-0.39, 0.29) is 0 Å². The summed E-state index contributed by atoms with van der Waals surface area (Å²) in [5.74, 6) is 1.03. The molecule has 2 aromatic heterocycles. The van der Waals surface area contributed by atoms with Gasteiger partial charge in [-0.25, -0.2) is 9.98 Å². The lowest BCUT2D eigenvalue weighted by molar-refractivity contribution is 0.737. The summed E-state index contributed by atoms with van der Waals surface area (Å²) >= 11 is 0. The molecule has 0 aliphatic carbocycles. The molecule has 6 nitrogen and oxygen atoms in total. The molecule has 0 radical (unpaired) electrons. The molecular weight excluding hydrogens is 228 g/mol. The number of nitrogens with two attached hydrogens (primary N) is 1. The molecule has 0 aromatic carbocycles. The zero-order chi connectivity index (χ0) is 13.0. The fourth-order valence-electron chi connectivity index (χ4n) is 1.48. The molecule has 94 valence electrons. The lowest BCUT2D eigenvalue weighted by Gasteiger charge is -2.03. The van der Waals surface area contributed by atoms with Gasteiger partial charge in [0.05, 0.1) is 12.7 Å². The summed E-state index contributed by atoms with van der Waals surface area (Å²) in [7, 11) is 1.90. The summed E-state index contributed by atoms with van der Waals surface area (Å²) in [5, 5.41) is 7.08. The minimum atomic E-state index is 0.344. The number of aliphatic imine (C=N–C) groups is 1. The van der Waals surface area contributed by atoms with E-state index in [1.165, 1.54) is 0 Å². The van der Waals surface area contributed by atoms with Crippen LogP contribution in [-0.4, -0.2) is 20.7 Å². The average Bonchev–Trinajstić information content (AvgIpc) is 2.69. The lowest BCUT2D eigenvalue weighted by Crippen LogP contribution is -2.23. The third-order valence-corrected chi connectivity index (χ3v) is 2.68. The fraction of sp³-hybridized carbons (Fsp3) is 0.250. The first-order chi connectivity index (χ1) is 8.66. The normalized spacial score (nSPS) is 11.6. The number of anilines is 1. The number of pyridine rings is 1. The smallest absolute Gasteiger partial charge is 0.194 e. The molecule has 2 rings (SSSR count). The van der Waals surface area contributed by atoms with Crippen LogP contribution in [0.3, 0.4) is 0 Å². The quantitative estimate of drug-likeness (QED) is 0.624. The molecule has 0 atom stereocenters. The first-order valence-corrected chi connectivity index (χ1v) is 5.62. The van der Waals surface area contributed by atoms with Gasteiger partial charge in [-0.15, -0.1) is 0 Å². The maximum absolute atomic E-state index is 5.78. The summed E-state index contributed by atoms with van der Waals surface area (Å²) in [6, 6.07) is 5.56. The largest absolute Gasteiger partial charge is 0.370 e. The maximum Gasteiger partial charge on any atom is 0.194 e. The van der Waals surface area contributed by atoms with Gasteiger partial charge in [0.1, 0.15) is 5.82 Å². The molecule has 0 spiro atoms. The summed E-state index contributed by atoms with van der Waals surface area (Å²) in [4.78, 5) is 8.36. The number of hydrogen-bond acceptors (Lipinski definition) is 3. The summed E-state index contributed by atoms with van der Waals surface area (Å²) < 4.78 is 1.81. The van der Waals surface area contributed by atoms with E-state index in [2.05, 4.69) is 20.4 Å². The number of nitrogens with zero attached hydrogens (tertiary/aromatic N) is 4. The number of rotatable bonds is 3. The molecule has 2 aromatic rings. The van der Waals surface area contributed by atoms with Crippen LogP contribution in [0.4, 0.5) is 5.82 Å². The third-order valence-electron chi connectivity index (χ3n) is 2.68. The molecule has 6 heteroatoms. The third kappa shape index (κ3) is 2.85. The number of aromatic nitrogens is 3. The highest BCUT2D eigenvalue weighted by atomic mass is 15.3. The molecule has 0 saturated heterocycles. The predicted octanol–water partition coefficient (Wildman–Crippen LogP) is 1.05. The van der Waals surface area contributed by atoms with Crippen molar-refractivity contribution >= 4 is 11.8 Å². The SMILES string of the molecule is Cc1c(CN=C(N)Nc2ccccn2)cnn1C. The molecule has 2 heterocycles. The Labute approximate surface area is 106 Å². The molecule has 0 aliphatic rings. The van der Waals surface area contributed by atoms with E-state index >= 15 is 0 Å². The number of nitrogens with one attached hydrogen (secondary N) is 1. The average molecular weight is 244 g/mol. The summed E-state index contributed by atoms with van der Waals surface area (Å²) in [6.07, 6.45) is 3.49. The van der Waals surface area contributed by atoms with Crippen molar-refractivity contribution in [2.75, 3.05) is 5.32 Å². The molecular formula is C12H16N6. The van der Waals surface area contributed by atoms with Gasteiger partial charge in [0.25, 0.3) is 0 Å². The summed E-state index contributed by atoms with van der Waals surface area (Å²) in [6.45, 7) is 2.51. The Balaban J connectivity index is 1.99. The lowest BCUT2D eigenvalue weighted by atomic mass is 10.3. The van der Waals surface area contributed by atoms with Crippen LogP contribution in [0.2, 0.25) is 0 Å². The van der Waals surface area contributed by atoms with Gasteiger partial charge in [0.2, 0.25) is 0 Å². The maximum atomic E-state index is 5.78. The van der Waals surface area contributed by atoms with E-state index < -0.39 is 0 Å². The Bertz CT molecular complexity index is 543. The Morgan fingerprint density at radius 3 is 2.94 bits per heavy atom. The Morgan fingerprint density at radius 1 is 1.50 bits per heavy atom. The van der Waals surface area contributed by atoms with Crippen molar-refractivity contribution in [2.45, 2.75) is 13.5 Å². The van der Waals surface area contributed by atoms with Gasteiger partial charge in [0.15, 0.2) is 5.96 Å². The van der Waals surface area contributed by atoms with Crippen LogP contribution in [0.15, 0.2) is 35.6 Å². The van der Waals surface area contributed by atoms with Gasteiger partial charge in [-0.3, -0.25) is 4.68 Å². The standard InChI is InChI=1S/C12H16N6/c1-9-10(8-16-18(9)2)7-15-12(13)17-11-5-3-4-6-14-11/h3-6,8H,7H2,1-2H3,(H3,13,14,15,17). The van der Waals surface area contributed by atoms with Crippen molar-refractivity contribution < 1.29 is 0 Å². The van der Waals surface area contributed by atoms with Crippen molar-refractivity contribution in [3.63, 3.8) is 0 Å². The van der Waals surface area contributed by atoms with Crippen molar-refractivity contribution in [3.8, 4) is 0 Å². The van der Waals surface area contributed by atoms with Crippen LogP contribution in [0.1, 0.15) is 11.3 Å². The van der Waals surface area contributed by atoms with E-state index in [0.717, 1.165) is 11.3 Å². The highest BCUT2D eigenvalue weighted by molar-refractivity contribution is 5.91. The monoisotopic (exact) mass is 244 g/mol. The van der Waals surface area contributed by atoms with Crippen LogP contribution in [0, 0.1) is 6.92 Å². The first-order valence-electron chi connectivity index (χ1n) is 5.62. The Morgan fingerprint density at radius 2 is 2.33 bits per heavy atom. The van der Waals surface area contributed by atoms with Crippen LogP contribution in [0.25, 0.3) is 0 Å². The van der Waals surface area contributed by atoms with Gasteiger partial charge in [0, 0.05) is 24.5 Å². The molecule has 18 heavy (non-hydrogen) atoms. The van der Waals surface area contributed by atoms with Gasteiger partial charge in [-0.05, 0) is 19.1 Å². The van der Waals surface area contributed by atoms with Crippen LogP contribution < -0.4 is 11.1 Å². The second-order valence-corrected chi connectivity index (χ2v) is 3.92. The van der Waals surface area contributed by atoms with E-state index in [1.807, 2.05) is 36.9 Å². The number of aryl methyl sites for hydroxylation is 1. The molecule has 0 saturated carbocycles. The minimum Gasteiger partial charge on any atom is -0.370 e. The van der Waals surface area contributed by atoms with Gasteiger partial charge in [-0.1, -0.05) is 6.07 Å². The second kappa shape index (κ2) is 5.31. The number of guanidine groups is 1. The Kier molecular flexibility index (Phi) is 3.57. The van der Waals surface area contributed by atoms with Gasteiger partial charge in [-0.2, -0.15) is 5.10 Å². The zero-order valence-electron chi connectivity index (χ0n) is 10.5. The van der Waals surface area contributed by atoms with E-state index in [1.54, 1.807) is 12.4 Å².